The Bertz CT molecular complexity index is 783. The third kappa shape index (κ3) is 4.12. The van der Waals surface area contributed by atoms with Crippen LogP contribution in [0.5, 0.6) is 0 Å². The number of nitrogens with zero attached hydrogens (tertiary/aromatic N) is 4. The van der Waals surface area contributed by atoms with Crippen LogP contribution in [-0.2, 0) is 13.0 Å². The van der Waals surface area contributed by atoms with Gasteiger partial charge in [-0.05, 0) is 43.1 Å². The molecule has 0 saturated heterocycles. The maximum atomic E-state index is 5.46. The summed E-state index contributed by atoms with van der Waals surface area (Å²) >= 11 is 0. The molecular formula is C20H24N4O. The fourth-order valence-electron chi connectivity index (χ4n) is 3.04. The van der Waals surface area contributed by atoms with Crippen LogP contribution in [0.3, 0.4) is 0 Å². The van der Waals surface area contributed by atoms with Gasteiger partial charge in [0.2, 0.25) is 11.7 Å². The Morgan fingerprint density at radius 1 is 1.04 bits per heavy atom. The van der Waals surface area contributed by atoms with Crippen LogP contribution in [-0.4, -0.2) is 27.1 Å². The molecule has 1 atom stereocenters. The van der Waals surface area contributed by atoms with Gasteiger partial charge in [0.1, 0.15) is 0 Å². The van der Waals surface area contributed by atoms with E-state index in [4.69, 9.17) is 4.52 Å². The summed E-state index contributed by atoms with van der Waals surface area (Å²) in [5.74, 6) is 1.27. The molecular weight excluding hydrogens is 312 g/mol. The lowest BCUT2D eigenvalue weighted by Gasteiger charge is -2.25. The number of benzene rings is 1. The highest BCUT2D eigenvalue weighted by atomic mass is 16.5. The van der Waals surface area contributed by atoms with Gasteiger partial charge < -0.3 is 4.52 Å². The minimum Gasteiger partial charge on any atom is -0.338 e. The summed E-state index contributed by atoms with van der Waals surface area (Å²) in [6.45, 7) is 4.93. The molecule has 0 aliphatic heterocycles. The van der Waals surface area contributed by atoms with Crippen molar-refractivity contribution in [2.24, 2.45) is 0 Å². The molecule has 0 N–H and O–H groups in total. The van der Waals surface area contributed by atoms with Crippen molar-refractivity contribution in [2.45, 2.75) is 39.3 Å². The highest BCUT2D eigenvalue weighted by Gasteiger charge is 2.18. The second-order valence-electron chi connectivity index (χ2n) is 6.18. The Labute approximate surface area is 148 Å². The number of pyridine rings is 1. The van der Waals surface area contributed by atoms with Crippen molar-refractivity contribution in [2.75, 3.05) is 7.05 Å². The van der Waals surface area contributed by atoms with Crippen LogP contribution in [0, 0.1) is 0 Å². The molecule has 2 heterocycles. The van der Waals surface area contributed by atoms with E-state index < -0.39 is 0 Å². The first-order valence-corrected chi connectivity index (χ1v) is 8.73. The molecule has 0 amide bonds. The van der Waals surface area contributed by atoms with Gasteiger partial charge in [0.25, 0.3) is 0 Å². The molecule has 0 aliphatic rings. The number of hydrogen-bond donors (Lipinski definition) is 0. The number of hydrogen-bond acceptors (Lipinski definition) is 5. The molecule has 0 radical (unpaired) electrons. The molecule has 3 rings (SSSR count). The normalized spacial score (nSPS) is 12.5. The number of rotatable bonds is 7. The van der Waals surface area contributed by atoms with E-state index in [-0.39, 0.29) is 0 Å². The van der Waals surface area contributed by atoms with E-state index in [1.807, 2.05) is 24.5 Å². The van der Waals surface area contributed by atoms with Gasteiger partial charge in [0, 0.05) is 24.0 Å². The monoisotopic (exact) mass is 336 g/mol. The third-order valence-corrected chi connectivity index (χ3v) is 4.48. The first kappa shape index (κ1) is 17.3. The first-order valence-electron chi connectivity index (χ1n) is 8.73. The molecule has 25 heavy (non-hydrogen) atoms. The topological polar surface area (TPSA) is 55.1 Å². The van der Waals surface area contributed by atoms with Crippen molar-refractivity contribution in [3.8, 4) is 11.4 Å². The summed E-state index contributed by atoms with van der Waals surface area (Å²) in [6, 6.07) is 12.7. The lowest BCUT2D eigenvalue weighted by Crippen LogP contribution is -2.24. The van der Waals surface area contributed by atoms with Gasteiger partial charge in [0.15, 0.2) is 0 Å². The second-order valence-corrected chi connectivity index (χ2v) is 6.18. The molecule has 0 saturated carbocycles. The molecule has 0 spiro atoms. The number of aryl methyl sites for hydroxylation is 1. The molecule has 0 fully saturated rings. The minimum absolute atomic E-state index is 0.294. The summed E-state index contributed by atoms with van der Waals surface area (Å²) in [6.07, 6.45) is 5.68. The fourth-order valence-corrected chi connectivity index (χ4v) is 3.04. The van der Waals surface area contributed by atoms with Crippen molar-refractivity contribution in [1.29, 1.82) is 0 Å². The lowest BCUT2D eigenvalue weighted by atomic mass is 10.0. The van der Waals surface area contributed by atoms with Crippen LogP contribution in [0.4, 0.5) is 0 Å². The highest BCUT2D eigenvalue weighted by Crippen LogP contribution is 2.24. The Balaban J connectivity index is 1.71. The van der Waals surface area contributed by atoms with Crippen LogP contribution in [0.25, 0.3) is 11.4 Å². The molecule has 3 aromatic rings. The summed E-state index contributed by atoms with van der Waals surface area (Å²) in [5.41, 5.74) is 3.53. The maximum absolute atomic E-state index is 5.46. The molecule has 0 aliphatic carbocycles. The molecule has 5 nitrogen and oxygen atoms in total. The molecule has 1 aromatic carbocycles. The molecule has 2 aromatic heterocycles. The maximum Gasteiger partial charge on any atom is 0.241 e. The first-order chi connectivity index (χ1) is 12.2. The average molecular weight is 336 g/mol. The Morgan fingerprint density at radius 3 is 2.40 bits per heavy atom. The Hall–Kier alpha value is -2.53. The predicted octanol–water partition coefficient (Wildman–Crippen LogP) is 4.28. The van der Waals surface area contributed by atoms with Crippen LogP contribution in [0.15, 0.2) is 53.3 Å². The average Bonchev–Trinajstić information content (AvgIpc) is 3.12. The Morgan fingerprint density at radius 2 is 1.76 bits per heavy atom. The van der Waals surface area contributed by atoms with Gasteiger partial charge in [-0.3, -0.25) is 9.88 Å². The van der Waals surface area contributed by atoms with Gasteiger partial charge in [0.05, 0.1) is 6.54 Å². The minimum atomic E-state index is 0.294. The van der Waals surface area contributed by atoms with Crippen molar-refractivity contribution in [3.05, 3.63) is 65.8 Å². The van der Waals surface area contributed by atoms with Crippen LogP contribution in [0.2, 0.25) is 0 Å². The quantitative estimate of drug-likeness (QED) is 0.644. The van der Waals surface area contributed by atoms with Gasteiger partial charge in [-0.2, -0.15) is 4.98 Å². The second kappa shape index (κ2) is 8.03. The standard InChI is InChI=1S/C20H24N4O/c1-4-15-6-8-17(9-7-15)20-22-19(25-23-20)14-24(3)18(5-2)16-10-12-21-13-11-16/h6-13,18H,4-5,14H2,1-3H3/t18-/m1/s1. The zero-order valence-corrected chi connectivity index (χ0v) is 15.0. The van der Waals surface area contributed by atoms with Crippen molar-refractivity contribution < 1.29 is 4.52 Å². The van der Waals surface area contributed by atoms with Crippen molar-refractivity contribution in [1.82, 2.24) is 20.0 Å². The summed E-state index contributed by atoms with van der Waals surface area (Å²) in [5, 5.41) is 4.13. The molecule has 0 bridgehead atoms. The zero-order chi connectivity index (χ0) is 17.6. The van der Waals surface area contributed by atoms with Crippen molar-refractivity contribution in [3.63, 3.8) is 0 Å². The van der Waals surface area contributed by atoms with Crippen molar-refractivity contribution >= 4 is 0 Å². The summed E-state index contributed by atoms with van der Waals surface area (Å²) in [4.78, 5) is 10.9. The smallest absolute Gasteiger partial charge is 0.241 e. The van der Waals surface area contributed by atoms with Crippen LogP contribution in [0.1, 0.15) is 43.3 Å². The Kier molecular flexibility index (Phi) is 5.56. The van der Waals surface area contributed by atoms with Gasteiger partial charge in [-0.15, -0.1) is 0 Å². The van der Waals surface area contributed by atoms with Gasteiger partial charge in [-0.1, -0.05) is 43.3 Å². The predicted molar refractivity (Wildman–Crippen MR) is 97.8 cm³/mol. The van der Waals surface area contributed by atoms with E-state index in [1.165, 1.54) is 11.1 Å². The van der Waals surface area contributed by atoms with E-state index >= 15 is 0 Å². The van der Waals surface area contributed by atoms with Crippen LogP contribution >= 0.6 is 0 Å². The van der Waals surface area contributed by atoms with E-state index in [0.717, 1.165) is 18.4 Å². The molecule has 0 unspecified atom stereocenters. The summed E-state index contributed by atoms with van der Waals surface area (Å²) in [7, 11) is 2.08. The van der Waals surface area contributed by atoms with E-state index in [9.17, 15) is 0 Å². The summed E-state index contributed by atoms with van der Waals surface area (Å²) < 4.78 is 5.46. The number of aromatic nitrogens is 3. The zero-order valence-electron chi connectivity index (χ0n) is 15.0. The van der Waals surface area contributed by atoms with Gasteiger partial charge >= 0.3 is 0 Å². The largest absolute Gasteiger partial charge is 0.338 e. The fraction of sp³-hybridized carbons (Fsp3) is 0.350. The lowest BCUT2D eigenvalue weighted by molar-refractivity contribution is 0.199. The third-order valence-electron chi connectivity index (χ3n) is 4.48. The van der Waals surface area contributed by atoms with E-state index in [0.29, 0.717) is 24.3 Å². The molecule has 5 heteroatoms. The SMILES string of the molecule is CCc1ccc(-c2noc(CN(C)[C@H](CC)c3ccncc3)n2)cc1. The van der Waals surface area contributed by atoms with Crippen LogP contribution < -0.4 is 0 Å². The van der Waals surface area contributed by atoms with E-state index in [2.05, 4.69) is 65.2 Å². The highest BCUT2D eigenvalue weighted by molar-refractivity contribution is 5.54. The molecule has 130 valence electrons. The van der Waals surface area contributed by atoms with Gasteiger partial charge in [-0.25, -0.2) is 0 Å². The van der Waals surface area contributed by atoms with E-state index in [1.54, 1.807) is 0 Å².